The van der Waals surface area contributed by atoms with Crippen LogP contribution in [0.4, 0.5) is 0 Å². The number of carboxylic acids is 1. The van der Waals surface area contributed by atoms with E-state index in [1.54, 1.807) is 0 Å². The lowest BCUT2D eigenvalue weighted by Crippen LogP contribution is -1.96. The van der Waals surface area contributed by atoms with E-state index in [4.69, 9.17) is 5.11 Å². The van der Waals surface area contributed by atoms with Crippen LogP contribution in [0.2, 0.25) is 0 Å². The van der Waals surface area contributed by atoms with Gasteiger partial charge >= 0.3 is 5.97 Å². The zero-order chi connectivity index (χ0) is 7.28. The van der Waals surface area contributed by atoms with Gasteiger partial charge in [0.1, 0.15) is 6.29 Å². The van der Waals surface area contributed by atoms with E-state index in [1.165, 1.54) is 0 Å². The summed E-state index contributed by atoms with van der Waals surface area (Å²) in [7, 11) is 0. The molecule has 0 bridgehead atoms. The van der Waals surface area contributed by atoms with E-state index >= 15 is 0 Å². The molecule has 0 amide bonds. The molecular weight excluding hydrogens is 120 g/mol. The molecule has 48 valence electrons. The average molecular weight is 126 g/mol. The van der Waals surface area contributed by atoms with E-state index in [2.05, 4.69) is 6.58 Å². The van der Waals surface area contributed by atoms with Crippen molar-refractivity contribution >= 4 is 12.3 Å². The Balaban J connectivity index is 4.32. The average Bonchev–Trinajstić information content (AvgIpc) is 1.82. The second-order valence-corrected chi connectivity index (χ2v) is 1.27. The summed E-state index contributed by atoms with van der Waals surface area (Å²) in [5.74, 6) is -1.14. The minimum Gasteiger partial charge on any atom is -0.478 e. The molecule has 3 heteroatoms. The van der Waals surface area contributed by atoms with Crippen molar-refractivity contribution in [1.29, 1.82) is 0 Å². The number of aliphatic carboxylic acids is 1. The van der Waals surface area contributed by atoms with Crippen molar-refractivity contribution in [2.24, 2.45) is 0 Å². The van der Waals surface area contributed by atoms with Gasteiger partial charge in [0.05, 0.1) is 5.57 Å². The van der Waals surface area contributed by atoms with Gasteiger partial charge in [-0.05, 0) is 6.08 Å². The van der Waals surface area contributed by atoms with E-state index in [0.717, 1.165) is 12.2 Å². The molecule has 0 saturated carbocycles. The van der Waals surface area contributed by atoms with Crippen LogP contribution in [0, 0.1) is 0 Å². The van der Waals surface area contributed by atoms with Gasteiger partial charge in [-0.15, -0.1) is 0 Å². The molecule has 9 heavy (non-hydrogen) atoms. The number of hydrogen-bond donors (Lipinski definition) is 1. The van der Waals surface area contributed by atoms with Gasteiger partial charge < -0.3 is 5.11 Å². The highest BCUT2D eigenvalue weighted by Gasteiger charge is 1.98. The van der Waals surface area contributed by atoms with Crippen molar-refractivity contribution in [2.75, 3.05) is 0 Å². The number of carbonyl (C=O) groups excluding carboxylic acids is 1. The van der Waals surface area contributed by atoms with Crippen LogP contribution in [0.5, 0.6) is 0 Å². The Kier molecular flexibility index (Phi) is 3.05. The van der Waals surface area contributed by atoms with E-state index in [0.29, 0.717) is 6.29 Å². The summed E-state index contributed by atoms with van der Waals surface area (Å²) >= 11 is 0. The number of rotatable bonds is 3. The van der Waals surface area contributed by atoms with E-state index in [1.807, 2.05) is 0 Å². The molecule has 0 aromatic heterocycles. The smallest absolute Gasteiger partial charge is 0.335 e. The first-order valence-corrected chi connectivity index (χ1v) is 2.23. The summed E-state index contributed by atoms with van der Waals surface area (Å²) in [6.45, 7) is 3.19. The maximum atomic E-state index is 10.0. The molecule has 0 aromatic carbocycles. The topological polar surface area (TPSA) is 54.4 Å². The first-order valence-electron chi connectivity index (χ1n) is 2.23. The molecule has 1 N–H and O–H groups in total. The zero-order valence-electron chi connectivity index (χ0n) is 4.70. The molecule has 0 radical (unpaired) electrons. The maximum absolute atomic E-state index is 10.0. The predicted octanol–water partition coefficient (Wildman–Crippen LogP) is 0.382. The number of hydrogen-bond acceptors (Lipinski definition) is 2. The molecule has 0 aliphatic rings. The molecule has 0 spiro atoms. The third-order valence-corrected chi connectivity index (χ3v) is 0.714. The van der Waals surface area contributed by atoms with Crippen molar-refractivity contribution in [1.82, 2.24) is 0 Å². The first kappa shape index (κ1) is 7.62. The molecule has 0 atom stereocenters. The molecule has 0 saturated heterocycles. The molecule has 3 nitrogen and oxygen atoms in total. The van der Waals surface area contributed by atoms with Crippen LogP contribution in [0.1, 0.15) is 0 Å². The summed E-state index contributed by atoms with van der Waals surface area (Å²) in [4.78, 5) is 19.7. The second-order valence-electron chi connectivity index (χ2n) is 1.27. The molecule has 0 aliphatic heterocycles. The number of allylic oxidation sites excluding steroid dienone is 1. The Hall–Kier alpha value is -1.38. The van der Waals surface area contributed by atoms with E-state index in [9.17, 15) is 9.59 Å². The standard InChI is InChI=1S/C6H6O3/c1-2-5(3-4-7)6(8)9/h2-4H,1H2,(H,8,9)/b5-3+. The van der Waals surface area contributed by atoms with Gasteiger partial charge in [0.15, 0.2) is 0 Å². The fraction of sp³-hybridized carbons (Fsp3) is 0. The van der Waals surface area contributed by atoms with Crippen molar-refractivity contribution in [3.8, 4) is 0 Å². The van der Waals surface area contributed by atoms with Gasteiger partial charge in [-0.25, -0.2) is 4.79 Å². The van der Waals surface area contributed by atoms with Crippen LogP contribution in [-0.2, 0) is 9.59 Å². The Morgan fingerprint density at radius 2 is 2.11 bits per heavy atom. The summed E-state index contributed by atoms with van der Waals surface area (Å²) in [5.41, 5.74) is -0.0926. The minimum absolute atomic E-state index is 0.0926. The zero-order valence-corrected chi connectivity index (χ0v) is 4.70. The fourth-order valence-electron chi connectivity index (χ4n) is 0.300. The summed E-state index contributed by atoms with van der Waals surface area (Å²) in [5, 5.41) is 8.21. The lowest BCUT2D eigenvalue weighted by molar-refractivity contribution is -0.132. The molecule has 0 rings (SSSR count). The Bertz CT molecular complexity index is 167. The van der Waals surface area contributed by atoms with Crippen LogP contribution in [0.3, 0.4) is 0 Å². The van der Waals surface area contributed by atoms with Crippen molar-refractivity contribution in [3.05, 3.63) is 24.3 Å². The van der Waals surface area contributed by atoms with E-state index < -0.39 is 5.97 Å². The van der Waals surface area contributed by atoms with Crippen molar-refractivity contribution < 1.29 is 14.7 Å². The van der Waals surface area contributed by atoms with Gasteiger partial charge in [0.25, 0.3) is 0 Å². The van der Waals surface area contributed by atoms with Gasteiger partial charge in [-0.1, -0.05) is 12.7 Å². The van der Waals surface area contributed by atoms with Gasteiger partial charge in [-0.2, -0.15) is 0 Å². The lowest BCUT2D eigenvalue weighted by Gasteiger charge is -1.86. The fourth-order valence-corrected chi connectivity index (χ4v) is 0.300. The largest absolute Gasteiger partial charge is 0.478 e. The molecule has 0 heterocycles. The predicted molar refractivity (Wildman–Crippen MR) is 32.0 cm³/mol. The highest BCUT2D eigenvalue weighted by atomic mass is 16.4. The highest BCUT2D eigenvalue weighted by molar-refractivity contribution is 5.93. The normalized spacial score (nSPS) is 10.4. The molecule has 0 unspecified atom stereocenters. The molecule has 0 aliphatic carbocycles. The Morgan fingerprint density at radius 3 is 2.22 bits per heavy atom. The Labute approximate surface area is 52.3 Å². The third-order valence-electron chi connectivity index (χ3n) is 0.714. The number of carboxylic acid groups (broad SMARTS) is 1. The van der Waals surface area contributed by atoms with Crippen LogP contribution in [0.15, 0.2) is 24.3 Å². The van der Waals surface area contributed by atoms with Gasteiger partial charge in [0.2, 0.25) is 0 Å². The molecule has 0 aromatic rings. The number of aldehydes is 1. The Morgan fingerprint density at radius 1 is 1.56 bits per heavy atom. The first-order chi connectivity index (χ1) is 4.22. The summed E-state index contributed by atoms with van der Waals surface area (Å²) in [6.07, 6.45) is 2.46. The van der Waals surface area contributed by atoms with Crippen molar-refractivity contribution in [2.45, 2.75) is 0 Å². The molecule has 0 fully saturated rings. The third kappa shape index (κ3) is 2.43. The van der Waals surface area contributed by atoms with Gasteiger partial charge in [-0.3, -0.25) is 4.79 Å². The minimum atomic E-state index is -1.14. The molecular formula is C6H6O3. The van der Waals surface area contributed by atoms with Crippen LogP contribution in [0.25, 0.3) is 0 Å². The monoisotopic (exact) mass is 126 g/mol. The second kappa shape index (κ2) is 3.60. The summed E-state index contributed by atoms with van der Waals surface area (Å²) in [6, 6.07) is 0. The van der Waals surface area contributed by atoms with Crippen LogP contribution >= 0.6 is 0 Å². The summed E-state index contributed by atoms with van der Waals surface area (Å²) < 4.78 is 0. The van der Waals surface area contributed by atoms with Crippen molar-refractivity contribution in [3.63, 3.8) is 0 Å². The van der Waals surface area contributed by atoms with Crippen LogP contribution in [-0.4, -0.2) is 17.4 Å². The van der Waals surface area contributed by atoms with E-state index in [-0.39, 0.29) is 5.57 Å². The lowest BCUT2D eigenvalue weighted by atomic mass is 10.2. The van der Waals surface area contributed by atoms with Gasteiger partial charge in [0, 0.05) is 0 Å². The maximum Gasteiger partial charge on any atom is 0.335 e. The SMILES string of the molecule is C=C/C(=C\C=O)C(=O)O. The highest BCUT2D eigenvalue weighted by Crippen LogP contribution is 1.91. The quantitative estimate of drug-likeness (QED) is 0.338. The van der Waals surface area contributed by atoms with Crippen LogP contribution < -0.4 is 0 Å². The number of carbonyl (C=O) groups is 2.